The van der Waals surface area contributed by atoms with Crippen LogP contribution in [0.5, 0.6) is 0 Å². The maximum Gasteiger partial charge on any atom is 0.233 e. The molecule has 2 unspecified atom stereocenters. The molecule has 6 heteroatoms. The highest BCUT2D eigenvalue weighted by Crippen LogP contribution is 2.31. The van der Waals surface area contributed by atoms with Gasteiger partial charge in [-0.3, -0.25) is 4.90 Å². The molecule has 0 radical (unpaired) electrons. The highest BCUT2D eigenvalue weighted by atomic mass is 32.1. The Morgan fingerprint density at radius 3 is 2.88 bits per heavy atom. The minimum absolute atomic E-state index is 0.405. The number of nitrogen functional groups attached to an aromatic ring is 1. The van der Waals surface area contributed by atoms with Gasteiger partial charge in [-0.1, -0.05) is 0 Å². The van der Waals surface area contributed by atoms with Crippen LogP contribution >= 0.6 is 11.5 Å². The van der Waals surface area contributed by atoms with E-state index in [0.717, 1.165) is 24.3 Å². The van der Waals surface area contributed by atoms with E-state index in [9.17, 15) is 0 Å². The van der Waals surface area contributed by atoms with Gasteiger partial charge in [-0.25, -0.2) is 0 Å². The van der Waals surface area contributed by atoms with Crippen molar-refractivity contribution in [2.75, 3.05) is 30.8 Å². The van der Waals surface area contributed by atoms with Crippen LogP contribution in [-0.4, -0.2) is 46.5 Å². The molecule has 3 heterocycles. The third-order valence-corrected chi connectivity index (χ3v) is 4.64. The number of hydrogen-bond acceptors (Lipinski definition) is 6. The summed E-state index contributed by atoms with van der Waals surface area (Å²) in [5.41, 5.74) is 5.58. The highest BCUT2D eigenvalue weighted by molar-refractivity contribution is 7.09. The normalized spacial score (nSPS) is 30.7. The van der Waals surface area contributed by atoms with E-state index < -0.39 is 0 Å². The largest absolute Gasteiger partial charge is 0.367 e. The Labute approximate surface area is 99.4 Å². The molecule has 3 rings (SSSR count). The molecule has 1 aromatic heterocycles. The number of rotatable bonds is 1. The van der Waals surface area contributed by atoms with Gasteiger partial charge < -0.3 is 10.6 Å². The van der Waals surface area contributed by atoms with Crippen LogP contribution in [0.25, 0.3) is 0 Å². The fourth-order valence-corrected chi connectivity index (χ4v) is 3.47. The molecule has 5 nitrogen and oxygen atoms in total. The van der Waals surface area contributed by atoms with Crippen molar-refractivity contribution in [1.82, 2.24) is 14.3 Å². The van der Waals surface area contributed by atoms with Crippen LogP contribution in [0.2, 0.25) is 0 Å². The van der Waals surface area contributed by atoms with Crippen LogP contribution in [0.1, 0.15) is 19.3 Å². The summed E-state index contributed by atoms with van der Waals surface area (Å²) in [5.74, 6) is 0.405. The van der Waals surface area contributed by atoms with Gasteiger partial charge in [-0.2, -0.15) is 9.36 Å². The summed E-state index contributed by atoms with van der Waals surface area (Å²) >= 11 is 1.42. The maximum absolute atomic E-state index is 5.58. The zero-order valence-corrected chi connectivity index (χ0v) is 10.3. The lowest BCUT2D eigenvalue weighted by molar-refractivity contribution is 0.254. The summed E-state index contributed by atoms with van der Waals surface area (Å²) in [6, 6.07) is 1.44. The number of fused-ring (bicyclic) bond motifs is 2. The number of likely N-dealkylation sites (N-methyl/N-ethyl adjacent to an activating group) is 1. The maximum atomic E-state index is 5.58. The van der Waals surface area contributed by atoms with E-state index in [4.69, 9.17) is 5.73 Å². The van der Waals surface area contributed by atoms with Crippen molar-refractivity contribution in [2.24, 2.45) is 0 Å². The molecule has 0 saturated carbocycles. The second-order valence-corrected chi connectivity index (χ2v) is 5.45. The number of nitrogens with two attached hydrogens (primary N) is 1. The van der Waals surface area contributed by atoms with E-state index >= 15 is 0 Å². The molecule has 0 aliphatic carbocycles. The number of aromatic nitrogens is 2. The van der Waals surface area contributed by atoms with Crippen molar-refractivity contribution >= 4 is 22.6 Å². The van der Waals surface area contributed by atoms with E-state index in [1.54, 1.807) is 0 Å². The lowest BCUT2D eigenvalue weighted by Gasteiger charge is -2.24. The van der Waals surface area contributed by atoms with Crippen molar-refractivity contribution in [3.8, 4) is 0 Å². The summed E-state index contributed by atoms with van der Waals surface area (Å²) in [4.78, 5) is 9.15. The summed E-state index contributed by atoms with van der Waals surface area (Å²) in [5, 5.41) is 0.985. The van der Waals surface area contributed by atoms with Gasteiger partial charge in [0.1, 0.15) is 0 Å². The van der Waals surface area contributed by atoms with E-state index in [-0.39, 0.29) is 0 Å². The third-order valence-electron chi connectivity index (χ3n) is 3.85. The Bertz CT molecular complexity index is 379. The quantitative estimate of drug-likeness (QED) is 0.785. The molecular weight excluding hydrogens is 222 g/mol. The molecule has 2 aliphatic heterocycles. The molecule has 2 saturated heterocycles. The van der Waals surface area contributed by atoms with Gasteiger partial charge in [0.2, 0.25) is 11.1 Å². The molecule has 88 valence electrons. The molecule has 2 aliphatic rings. The fraction of sp³-hybridized carbons (Fsp3) is 0.800. The van der Waals surface area contributed by atoms with Crippen molar-refractivity contribution < 1.29 is 0 Å². The predicted molar refractivity (Wildman–Crippen MR) is 65.7 cm³/mol. The smallest absolute Gasteiger partial charge is 0.233 e. The average molecular weight is 239 g/mol. The number of hydrogen-bond donors (Lipinski definition) is 1. The van der Waals surface area contributed by atoms with Gasteiger partial charge in [-0.05, 0) is 26.3 Å². The molecule has 0 spiro atoms. The molecule has 0 amide bonds. The van der Waals surface area contributed by atoms with E-state index in [1.807, 2.05) is 0 Å². The Balaban J connectivity index is 1.79. The lowest BCUT2D eigenvalue weighted by Crippen LogP contribution is -2.36. The first kappa shape index (κ1) is 10.3. The molecule has 1 aromatic rings. The van der Waals surface area contributed by atoms with E-state index in [0.29, 0.717) is 12.0 Å². The number of anilines is 2. The minimum atomic E-state index is 0.405. The van der Waals surface area contributed by atoms with Crippen LogP contribution in [-0.2, 0) is 0 Å². The van der Waals surface area contributed by atoms with Gasteiger partial charge in [0, 0.05) is 36.7 Å². The Kier molecular flexibility index (Phi) is 2.48. The molecule has 2 fully saturated rings. The second kappa shape index (κ2) is 3.85. The molecule has 0 aromatic carbocycles. The standard InChI is InChI=1S/C10H17N5S/c1-14-7-2-3-8(14)6-15(5-4-7)10-12-9(11)13-16-10/h7-8H,2-6H2,1H3,(H2,11,13). The van der Waals surface area contributed by atoms with Crippen molar-refractivity contribution in [1.29, 1.82) is 0 Å². The molecule has 2 bridgehead atoms. The molecule has 16 heavy (non-hydrogen) atoms. The monoisotopic (exact) mass is 239 g/mol. The fourth-order valence-electron chi connectivity index (χ4n) is 2.84. The summed E-state index contributed by atoms with van der Waals surface area (Å²) in [6.45, 7) is 2.15. The van der Waals surface area contributed by atoms with Gasteiger partial charge in [-0.15, -0.1) is 0 Å². The first-order valence-corrected chi connectivity index (χ1v) is 6.57. The molecule has 2 N–H and O–H groups in total. The third kappa shape index (κ3) is 1.66. The summed E-state index contributed by atoms with van der Waals surface area (Å²) in [6.07, 6.45) is 3.89. The summed E-state index contributed by atoms with van der Waals surface area (Å²) < 4.78 is 4.06. The Morgan fingerprint density at radius 2 is 2.12 bits per heavy atom. The van der Waals surface area contributed by atoms with Gasteiger partial charge >= 0.3 is 0 Å². The highest BCUT2D eigenvalue weighted by Gasteiger charge is 2.35. The SMILES string of the molecule is CN1C2CCC1CN(c1nc(N)ns1)CC2. The van der Waals surface area contributed by atoms with Crippen LogP contribution in [0, 0.1) is 0 Å². The Hall–Kier alpha value is -0.880. The second-order valence-electron chi connectivity index (χ2n) is 4.72. The summed E-state index contributed by atoms with van der Waals surface area (Å²) in [7, 11) is 2.25. The van der Waals surface area contributed by atoms with Crippen molar-refractivity contribution in [2.45, 2.75) is 31.3 Å². The van der Waals surface area contributed by atoms with Gasteiger partial charge in [0.05, 0.1) is 0 Å². The van der Waals surface area contributed by atoms with Crippen LogP contribution in [0.3, 0.4) is 0 Å². The lowest BCUT2D eigenvalue weighted by atomic mass is 10.1. The van der Waals surface area contributed by atoms with E-state index in [2.05, 4.69) is 26.2 Å². The number of nitrogens with zero attached hydrogens (tertiary/aromatic N) is 4. The topological polar surface area (TPSA) is 58.3 Å². The van der Waals surface area contributed by atoms with Crippen LogP contribution in [0.4, 0.5) is 11.1 Å². The van der Waals surface area contributed by atoms with Gasteiger partial charge in [0.15, 0.2) is 0 Å². The first-order chi connectivity index (χ1) is 7.74. The molecule has 2 atom stereocenters. The van der Waals surface area contributed by atoms with Crippen LogP contribution in [0.15, 0.2) is 0 Å². The molecular formula is C10H17N5S. The van der Waals surface area contributed by atoms with Crippen molar-refractivity contribution in [3.05, 3.63) is 0 Å². The Morgan fingerprint density at radius 1 is 1.31 bits per heavy atom. The average Bonchev–Trinajstić information content (AvgIpc) is 2.74. The minimum Gasteiger partial charge on any atom is -0.367 e. The van der Waals surface area contributed by atoms with E-state index in [1.165, 1.54) is 30.8 Å². The first-order valence-electron chi connectivity index (χ1n) is 5.80. The van der Waals surface area contributed by atoms with Gasteiger partial charge in [0.25, 0.3) is 0 Å². The van der Waals surface area contributed by atoms with Crippen LogP contribution < -0.4 is 10.6 Å². The zero-order valence-electron chi connectivity index (χ0n) is 9.46. The predicted octanol–water partition coefficient (Wildman–Crippen LogP) is 0.793. The zero-order chi connectivity index (χ0) is 11.1. The van der Waals surface area contributed by atoms with Crippen molar-refractivity contribution in [3.63, 3.8) is 0 Å².